The molecule has 0 unspecified atom stereocenters. The van der Waals surface area contributed by atoms with Gasteiger partial charge in [-0.1, -0.05) is 0 Å². The van der Waals surface area contributed by atoms with Crippen molar-refractivity contribution < 1.29 is 19.1 Å². The van der Waals surface area contributed by atoms with Gasteiger partial charge in [-0.05, 0) is 0 Å². The van der Waals surface area contributed by atoms with Crippen LogP contribution >= 0.6 is 0 Å². The van der Waals surface area contributed by atoms with Crippen molar-refractivity contribution in [2.45, 2.75) is 0 Å². The Morgan fingerprint density at radius 2 is 2.33 bits per heavy atom. The van der Waals surface area contributed by atoms with Gasteiger partial charge in [0.1, 0.15) is 6.73 Å². The summed E-state index contributed by atoms with van der Waals surface area (Å²) in [4.78, 5) is 19.7. The number of ether oxygens (including phenoxy) is 2. The quantitative estimate of drug-likeness (QED) is 0.290. The first kappa shape index (κ1) is 7.90. The molecule has 0 aliphatic heterocycles. The molecule has 0 heterocycles. The van der Waals surface area contributed by atoms with Gasteiger partial charge in [0, 0.05) is 0 Å². The van der Waals surface area contributed by atoms with Crippen LogP contribution in [0.25, 0.3) is 0 Å². The molecule has 0 atom stereocenters. The van der Waals surface area contributed by atoms with Crippen LogP contribution in [-0.2, 0) is 19.1 Å². The predicted octanol–water partition coefficient (Wildman–Crippen LogP) is -1.38. The number of hydrogen-bond donors (Lipinski definition) is 1. The molecule has 0 fully saturated rings. The van der Waals surface area contributed by atoms with Gasteiger partial charge in [-0.15, -0.1) is 0 Å². The van der Waals surface area contributed by atoms with E-state index in [1.165, 1.54) is 0 Å². The molecule has 0 aromatic heterocycles. The SMILES string of the molecule is NCOC(=O)COC=O. The van der Waals surface area contributed by atoms with Gasteiger partial charge in [0.05, 0.1) is 0 Å². The minimum atomic E-state index is -0.649. The maximum atomic E-state index is 10.2. The van der Waals surface area contributed by atoms with Crippen LogP contribution in [0, 0.1) is 0 Å². The Morgan fingerprint density at radius 1 is 1.67 bits per heavy atom. The zero-order valence-corrected chi connectivity index (χ0v) is 4.70. The molecule has 9 heavy (non-hydrogen) atoms. The molecular formula is C4H7NO4. The first-order chi connectivity index (χ1) is 4.31. The first-order valence-electron chi connectivity index (χ1n) is 2.22. The van der Waals surface area contributed by atoms with Crippen molar-refractivity contribution in [2.75, 3.05) is 13.3 Å². The maximum absolute atomic E-state index is 10.2. The summed E-state index contributed by atoms with van der Waals surface area (Å²) < 4.78 is 8.24. The van der Waals surface area contributed by atoms with E-state index < -0.39 is 5.97 Å². The second-order valence-corrected chi connectivity index (χ2v) is 1.09. The van der Waals surface area contributed by atoms with Crippen LogP contribution < -0.4 is 5.73 Å². The van der Waals surface area contributed by atoms with Gasteiger partial charge in [0.25, 0.3) is 6.47 Å². The molecule has 52 valence electrons. The third-order valence-corrected chi connectivity index (χ3v) is 0.514. The van der Waals surface area contributed by atoms with Crippen molar-refractivity contribution in [1.82, 2.24) is 0 Å². The lowest BCUT2D eigenvalue weighted by molar-refractivity contribution is -0.152. The fourth-order valence-corrected chi connectivity index (χ4v) is 0.237. The van der Waals surface area contributed by atoms with E-state index in [2.05, 4.69) is 9.47 Å². The van der Waals surface area contributed by atoms with Gasteiger partial charge < -0.3 is 9.47 Å². The normalized spacial score (nSPS) is 8.11. The molecule has 0 bridgehead atoms. The van der Waals surface area contributed by atoms with Crippen LogP contribution in [0.4, 0.5) is 0 Å². The van der Waals surface area contributed by atoms with E-state index in [4.69, 9.17) is 5.73 Å². The molecular weight excluding hydrogens is 126 g/mol. The van der Waals surface area contributed by atoms with Crippen LogP contribution in [-0.4, -0.2) is 25.8 Å². The third-order valence-electron chi connectivity index (χ3n) is 0.514. The molecule has 0 aromatic rings. The Kier molecular flexibility index (Phi) is 4.43. The Hall–Kier alpha value is -1.10. The van der Waals surface area contributed by atoms with E-state index in [1.807, 2.05) is 0 Å². The predicted molar refractivity (Wildman–Crippen MR) is 27.2 cm³/mol. The van der Waals surface area contributed by atoms with Crippen molar-refractivity contribution >= 4 is 12.4 Å². The summed E-state index contributed by atoms with van der Waals surface area (Å²) in [6.07, 6.45) is 0. The van der Waals surface area contributed by atoms with Crippen molar-refractivity contribution in [3.8, 4) is 0 Å². The van der Waals surface area contributed by atoms with E-state index in [0.29, 0.717) is 0 Å². The molecule has 5 heteroatoms. The van der Waals surface area contributed by atoms with E-state index in [1.54, 1.807) is 0 Å². The van der Waals surface area contributed by atoms with Gasteiger partial charge >= 0.3 is 5.97 Å². The minimum Gasteiger partial charge on any atom is -0.456 e. The van der Waals surface area contributed by atoms with Crippen LogP contribution in [0.5, 0.6) is 0 Å². The zero-order valence-electron chi connectivity index (χ0n) is 4.70. The minimum absolute atomic E-state index is 0.164. The highest BCUT2D eigenvalue weighted by molar-refractivity contribution is 5.71. The average Bonchev–Trinajstić information content (AvgIpc) is 1.85. The highest BCUT2D eigenvalue weighted by atomic mass is 16.6. The highest BCUT2D eigenvalue weighted by Crippen LogP contribution is 1.74. The van der Waals surface area contributed by atoms with Crippen LogP contribution in [0.2, 0.25) is 0 Å². The molecule has 0 aromatic carbocycles. The van der Waals surface area contributed by atoms with Crippen molar-refractivity contribution in [3.05, 3.63) is 0 Å². The summed E-state index contributed by atoms with van der Waals surface area (Å²) >= 11 is 0. The lowest BCUT2D eigenvalue weighted by Gasteiger charge is -1.97. The summed E-state index contributed by atoms with van der Waals surface area (Å²) in [5.41, 5.74) is 4.81. The smallest absolute Gasteiger partial charge is 0.345 e. The lowest BCUT2D eigenvalue weighted by Crippen LogP contribution is -2.16. The molecule has 0 aliphatic rings. The number of esters is 1. The summed E-state index contributed by atoms with van der Waals surface area (Å²) in [6, 6.07) is 0. The Bertz CT molecular complexity index is 103. The van der Waals surface area contributed by atoms with Gasteiger partial charge in [0.15, 0.2) is 6.61 Å². The zero-order chi connectivity index (χ0) is 7.11. The number of carbonyl (C=O) groups is 2. The third kappa shape index (κ3) is 4.76. The number of hydrogen-bond acceptors (Lipinski definition) is 5. The molecule has 0 spiro atoms. The highest BCUT2D eigenvalue weighted by Gasteiger charge is 1.98. The molecule has 0 amide bonds. The average molecular weight is 133 g/mol. The number of nitrogens with two attached hydrogens (primary N) is 1. The fraction of sp³-hybridized carbons (Fsp3) is 0.500. The molecule has 0 aliphatic carbocycles. The topological polar surface area (TPSA) is 78.6 Å². The maximum Gasteiger partial charge on any atom is 0.345 e. The Balaban J connectivity index is 3.16. The van der Waals surface area contributed by atoms with E-state index in [9.17, 15) is 9.59 Å². The Morgan fingerprint density at radius 3 is 2.78 bits per heavy atom. The first-order valence-corrected chi connectivity index (χ1v) is 2.22. The molecule has 0 radical (unpaired) electrons. The summed E-state index contributed by atoms with van der Waals surface area (Å²) in [5.74, 6) is -0.649. The van der Waals surface area contributed by atoms with E-state index >= 15 is 0 Å². The van der Waals surface area contributed by atoms with E-state index in [-0.39, 0.29) is 19.8 Å². The van der Waals surface area contributed by atoms with Gasteiger partial charge in [-0.25, -0.2) is 4.79 Å². The van der Waals surface area contributed by atoms with Gasteiger partial charge in [-0.3, -0.25) is 10.5 Å². The number of carbonyl (C=O) groups excluding carboxylic acids is 2. The Labute approximate surface area is 51.7 Å². The lowest BCUT2D eigenvalue weighted by atomic mass is 10.7. The molecule has 0 saturated carbocycles. The monoisotopic (exact) mass is 133 g/mol. The summed E-state index contributed by atoms with van der Waals surface area (Å²) in [5, 5.41) is 0. The fourth-order valence-electron chi connectivity index (χ4n) is 0.237. The summed E-state index contributed by atoms with van der Waals surface area (Å²) in [7, 11) is 0. The second kappa shape index (κ2) is 5.04. The number of rotatable bonds is 4. The van der Waals surface area contributed by atoms with Crippen molar-refractivity contribution in [1.29, 1.82) is 0 Å². The van der Waals surface area contributed by atoms with Gasteiger partial charge in [0.2, 0.25) is 0 Å². The van der Waals surface area contributed by atoms with Gasteiger partial charge in [-0.2, -0.15) is 0 Å². The summed E-state index contributed by atoms with van der Waals surface area (Å²) in [6.45, 7) is -0.403. The largest absolute Gasteiger partial charge is 0.456 e. The van der Waals surface area contributed by atoms with Crippen LogP contribution in [0.1, 0.15) is 0 Å². The molecule has 2 N–H and O–H groups in total. The van der Waals surface area contributed by atoms with E-state index in [0.717, 1.165) is 0 Å². The molecule has 5 nitrogen and oxygen atoms in total. The van der Waals surface area contributed by atoms with Crippen LogP contribution in [0.3, 0.4) is 0 Å². The van der Waals surface area contributed by atoms with Crippen molar-refractivity contribution in [2.24, 2.45) is 5.73 Å². The second-order valence-electron chi connectivity index (χ2n) is 1.09. The molecule has 0 rings (SSSR count). The standard InChI is InChI=1S/C4H7NO4/c5-2-9-4(7)1-8-3-6/h3H,1-2,5H2. The van der Waals surface area contributed by atoms with Crippen molar-refractivity contribution in [3.63, 3.8) is 0 Å². The molecule has 0 saturated heterocycles. The van der Waals surface area contributed by atoms with Crippen LogP contribution in [0.15, 0.2) is 0 Å².